The van der Waals surface area contributed by atoms with Gasteiger partial charge in [0.1, 0.15) is 0 Å². The fourth-order valence-electron chi connectivity index (χ4n) is 2.19. The molecular formula is C14H21N3O. The lowest BCUT2D eigenvalue weighted by atomic mass is 10.2. The van der Waals surface area contributed by atoms with E-state index in [1.54, 1.807) is 0 Å². The Kier molecular flexibility index (Phi) is 3.88. The number of nitrogens with one attached hydrogen (secondary N) is 1. The van der Waals surface area contributed by atoms with Crippen molar-refractivity contribution in [1.82, 2.24) is 15.2 Å². The Morgan fingerprint density at radius 3 is 2.78 bits per heavy atom. The van der Waals surface area contributed by atoms with Crippen molar-refractivity contribution in [1.29, 1.82) is 0 Å². The lowest BCUT2D eigenvalue weighted by Gasteiger charge is -2.26. The summed E-state index contributed by atoms with van der Waals surface area (Å²) in [6.45, 7) is 5.64. The minimum atomic E-state index is 0.762. The van der Waals surface area contributed by atoms with Crippen LogP contribution in [0.15, 0.2) is 18.3 Å². The van der Waals surface area contributed by atoms with Gasteiger partial charge in [-0.05, 0) is 24.5 Å². The highest BCUT2D eigenvalue weighted by Crippen LogP contribution is 2.19. The van der Waals surface area contributed by atoms with E-state index in [4.69, 9.17) is 4.74 Å². The molecule has 0 spiro atoms. The van der Waals surface area contributed by atoms with Gasteiger partial charge in [0.15, 0.2) is 0 Å². The molecule has 2 aliphatic rings. The number of hydrogen-bond acceptors (Lipinski definition) is 4. The predicted octanol–water partition coefficient (Wildman–Crippen LogP) is 1.17. The molecule has 4 nitrogen and oxygen atoms in total. The Hall–Kier alpha value is -0.970. The summed E-state index contributed by atoms with van der Waals surface area (Å²) in [5, 5.41) is 3.51. The predicted molar refractivity (Wildman–Crippen MR) is 70.2 cm³/mol. The van der Waals surface area contributed by atoms with Crippen LogP contribution < -0.4 is 5.32 Å². The molecule has 1 aromatic heterocycles. The summed E-state index contributed by atoms with van der Waals surface area (Å²) in [5.41, 5.74) is 2.44. The molecule has 1 aliphatic heterocycles. The first-order valence-electron chi connectivity index (χ1n) is 6.87. The largest absolute Gasteiger partial charge is 0.379 e. The molecule has 3 rings (SSSR count). The molecule has 4 heteroatoms. The van der Waals surface area contributed by atoms with Gasteiger partial charge in [0.2, 0.25) is 0 Å². The van der Waals surface area contributed by atoms with Gasteiger partial charge in [0, 0.05) is 38.4 Å². The molecule has 0 bridgehead atoms. The maximum Gasteiger partial charge on any atom is 0.0594 e. The Balaban J connectivity index is 1.49. The Labute approximate surface area is 108 Å². The summed E-state index contributed by atoms with van der Waals surface area (Å²) < 4.78 is 5.35. The van der Waals surface area contributed by atoms with Crippen molar-refractivity contribution in [2.24, 2.45) is 0 Å². The highest BCUT2D eigenvalue weighted by atomic mass is 16.5. The zero-order valence-corrected chi connectivity index (χ0v) is 10.8. The number of aromatic nitrogens is 1. The van der Waals surface area contributed by atoms with Gasteiger partial charge in [-0.1, -0.05) is 6.07 Å². The van der Waals surface area contributed by atoms with E-state index in [0.29, 0.717) is 0 Å². The molecule has 0 radical (unpaired) electrons. The van der Waals surface area contributed by atoms with Crippen LogP contribution in [0.4, 0.5) is 0 Å². The number of ether oxygens (including phenoxy) is 1. The topological polar surface area (TPSA) is 37.4 Å². The van der Waals surface area contributed by atoms with Crippen molar-refractivity contribution in [3.8, 4) is 0 Å². The minimum Gasteiger partial charge on any atom is -0.379 e. The van der Waals surface area contributed by atoms with Crippen LogP contribution in [0.2, 0.25) is 0 Å². The third-order valence-electron chi connectivity index (χ3n) is 3.55. The van der Waals surface area contributed by atoms with E-state index < -0.39 is 0 Å². The second-order valence-corrected chi connectivity index (χ2v) is 5.20. The van der Waals surface area contributed by atoms with Crippen LogP contribution in [0.5, 0.6) is 0 Å². The van der Waals surface area contributed by atoms with Gasteiger partial charge in [-0.3, -0.25) is 9.88 Å². The molecule has 2 fully saturated rings. The maximum absolute atomic E-state index is 5.35. The number of morpholine rings is 1. The van der Waals surface area contributed by atoms with Gasteiger partial charge in [-0.2, -0.15) is 0 Å². The van der Waals surface area contributed by atoms with Gasteiger partial charge in [-0.25, -0.2) is 0 Å². The monoisotopic (exact) mass is 247 g/mol. The number of pyridine rings is 1. The Morgan fingerprint density at radius 1 is 1.28 bits per heavy atom. The van der Waals surface area contributed by atoms with E-state index in [1.165, 1.54) is 18.4 Å². The van der Waals surface area contributed by atoms with Crippen molar-refractivity contribution < 1.29 is 4.74 Å². The van der Waals surface area contributed by atoms with Gasteiger partial charge in [-0.15, -0.1) is 0 Å². The highest BCUT2D eigenvalue weighted by Gasteiger charge is 2.19. The molecule has 2 heterocycles. The van der Waals surface area contributed by atoms with E-state index in [0.717, 1.165) is 51.1 Å². The molecule has 18 heavy (non-hydrogen) atoms. The van der Waals surface area contributed by atoms with Gasteiger partial charge in [0.25, 0.3) is 0 Å². The molecule has 1 aromatic rings. The summed E-state index contributed by atoms with van der Waals surface area (Å²) in [6.07, 6.45) is 4.68. The highest BCUT2D eigenvalue weighted by molar-refractivity contribution is 5.14. The van der Waals surface area contributed by atoms with E-state index >= 15 is 0 Å². The quantitative estimate of drug-likeness (QED) is 0.847. The minimum absolute atomic E-state index is 0.762. The molecule has 0 aromatic carbocycles. The van der Waals surface area contributed by atoms with Crippen molar-refractivity contribution in [3.63, 3.8) is 0 Å². The van der Waals surface area contributed by atoms with Crippen LogP contribution >= 0.6 is 0 Å². The normalized spacial score (nSPS) is 21.1. The molecule has 98 valence electrons. The average Bonchev–Trinajstić information content (AvgIpc) is 3.23. The number of rotatable bonds is 5. The summed E-state index contributed by atoms with van der Waals surface area (Å²) in [4.78, 5) is 6.95. The second-order valence-electron chi connectivity index (χ2n) is 5.20. The number of nitrogens with zero attached hydrogens (tertiary/aromatic N) is 2. The van der Waals surface area contributed by atoms with Crippen molar-refractivity contribution in [3.05, 3.63) is 29.6 Å². The number of hydrogen-bond donors (Lipinski definition) is 1. The third-order valence-corrected chi connectivity index (χ3v) is 3.55. The van der Waals surface area contributed by atoms with E-state index in [-0.39, 0.29) is 0 Å². The van der Waals surface area contributed by atoms with Crippen molar-refractivity contribution >= 4 is 0 Å². The van der Waals surface area contributed by atoms with Crippen LogP contribution in [0.1, 0.15) is 24.1 Å². The summed E-state index contributed by atoms with van der Waals surface area (Å²) in [6, 6.07) is 5.11. The van der Waals surface area contributed by atoms with Crippen LogP contribution in [0.25, 0.3) is 0 Å². The lowest BCUT2D eigenvalue weighted by Crippen LogP contribution is -2.35. The first kappa shape index (κ1) is 12.1. The zero-order chi connectivity index (χ0) is 12.2. The van der Waals surface area contributed by atoms with Crippen molar-refractivity contribution in [2.45, 2.75) is 32.0 Å². The van der Waals surface area contributed by atoms with E-state index in [1.807, 2.05) is 6.20 Å². The summed E-state index contributed by atoms with van der Waals surface area (Å²) >= 11 is 0. The van der Waals surface area contributed by atoms with Crippen molar-refractivity contribution in [2.75, 3.05) is 26.3 Å². The molecule has 0 amide bonds. The maximum atomic E-state index is 5.35. The van der Waals surface area contributed by atoms with Crippen LogP contribution in [0, 0.1) is 0 Å². The van der Waals surface area contributed by atoms with E-state index in [9.17, 15) is 0 Å². The molecule has 1 saturated heterocycles. The lowest BCUT2D eigenvalue weighted by molar-refractivity contribution is 0.0336. The smallest absolute Gasteiger partial charge is 0.0594 e. The van der Waals surface area contributed by atoms with Gasteiger partial charge < -0.3 is 10.1 Å². The van der Waals surface area contributed by atoms with Gasteiger partial charge in [0.05, 0.1) is 18.9 Å². The summed E-state index contributed by atoms with van der Waals surface area (Å²) in [7, 11) is 0. The molecule has 1 aliphatic carbocycles. The molecule has 1 N–H and O–H groups in total. The van der Waals surface area contributed by atoms with E-state index in [2.05, 4.69) is 27.3 Å². The fraction of sp³-hybridized carbons (Fsp3) is 0.643. The molecular weight excluding hydrogens is 226 g/mol. The second kappa shape index (κ2) is 5.78. The first-order valence-corrected chi connectivity index (χ1v) is 6.87. The van der Waals surface area contributed by atoms with Crippen LogP contribution in [0.3, 0.4) is 0 Å². The Morgan fingerprint density at radius 2 is 2.11 bits per heavy atom. The zero-order valence-electron chi connectivity index (χ0n) is 10.8. The SMILES string of the molecule is c1cc(CN2CCOCC2)ncc1CNC1CC1. The van der Waals surface area contributed by atoms with Crippen LogP contribution in [-0.4, -0.2) is 42.2 Å². The standard InChI is InChI=1S/C14H21N3O/c1-2-14(11-17-5-7-18-8-6-17)16-10-12(1)9-15-13-3-4-13/h1-2,10,13,15H,3-9,11H2. The molecule has 0 unspecified atom stereocenters. The Bertz CT molecular complexity index is 369. The molecule has 0 atom stereocenters. The van der Waals surface area contributed by atoms with Crippen LogP contribution in [-0.2, 0) is 17.8 Å². The third kappa shape index (κ3) is 3.51. The molecule has 1 saturated carbocycles. The van der Waals surface area contributed by atoms with Gasteiger partial charge >= 0.3 is 0 Å². The summed E-state index contributed by atoms with van der Waals surface area (Å²) in [5.74, 6) is 0. The first-order chi connectivity index (χ1) is 8.90. The fourth-order valence-corrected chi connectivity index (χ4v) is 2.19. The average molecular weight is 247 g/mol.